The van der Waals surface area contributed by atoms with Crippen molar-refractivity contribution >= 4 is 41.0 Å². The highest BCUT2D eigenvalue weighted by Crippen LogP contribution is 2.25. The first-order valence-corrected chi connectivity index (χ1v) is 7.78. The first-order valence-electron chi connectivity index (χ1n) is 7.02. The monoisotopic (exact) mass is 360 g/mol. The van der Waals surface area contributed by atoms with Gasteiger partial charge in [0.15, 0.2) is 0 Å². The molecule has 0 bridgehead atoms. The maximum Gasteiger partial charge on any atom is 0.306 e. The summed E-state index contributed by atoms with van der Waals surface area (Å²) in [7, 11) is 0. The molecule has 1 atom stereocenters. The summed E-state index contributed by atoms with van der Waals surface area (Å²) < 4.78 is 4.73. The first-order chi connectivity index (χ1) is 10.8. The van der Waals surface area contributed by atoms with Crippen molar-refractivity contribution in [2.45, 2.75) is 32.2 Å². The van der Waals surface area contributed by atoms with Crippen LogP contribution in [0.4, 0.5) is 0 Å². The molecule has 0 heterocycles. The molecule has 0 fully saturated rings. The van der Waals surface area contributed by atoms with Crippen molar-refractivity contribution < 1.29 is 19.1 Å². The fourth-order valence-corrected chi connectivity index (χ4v) is 2.42. The molecule has 0 aliphatic rings. The van der Waals surface area contributed by atoms with Gasteiger partial charge in [0.05, 0.1) is 13.0 Å². The van der Waals surface area contributed by atoms with Gasteiger partial charge in [-0.25, -0.2) is 0 Å². The van der Waals surface area contributed by atoms with Gasteiger partial charge in [-0.3, -0.25) is 14.4 Å². The fraction of sp³-hybridized carbons (Fsp3) is 0.400. The molecule has 0 unspecified atom stereocenters. The lowest BCUT2D eigenvalue weighted by atomic mass is 10.0. The summed E-state index contributed by atoms with van der Waals surface area (Å²) in [6.07, 6.45) is -0.101. The smallest absolute Gasteiger partial charge is 0.306 e. The lowest BCUT2D eigenvalue weighted by Crippen LogP contribution is -2.46. The van der Waals surface area contributed by atoms with E-state index in [1.54, 1.807) is 25.1 Å². The third-order valence-electron chi connectivity index (χ3n) is 3.01. The Bertz CT molecular complexity index is 573. The van der Waals surface area contributed by atoms with E-state index in [4.69, 9.17) is 33.7 Å². The van der Waals surface area contributed by atoms with Crippen molar-refractivity contribution in [1.82, 2.24) is 5.32 Å². The molecule has 1 aromatic carbocycles. The number of halogens is 2. The summed E-state index contributed by atoms with van der Waals surface area (Å²) in [5.74, 6) is -1.68. The van der Waals surface area contributed by atoms with E-state index >= 15 is 0 Å². The minimum Gasteiger partial charge on any atom is -0.466 e. The number of nitrogens with one attached hydrogen (secondary N) is 1. The van der Waals surface area contributed by atoms with Crippen molar-refractivity contribution in [2.24, 2.45) is 5.73 Å². The molecule has 3 N–H and O–H groups in total. The van der Waals surface area contributed by atoms with Gasteiger partial charge in [-0.15, -0.1) is 0 Å². The zero-order valence-electron chi connectivity index (χ0n) is 12.6. The van der Waals surface area contributed by atoms with Gasteiger partial charge >= 0.3 is 5.97 Å². The number of carbonyl (C=O) groups is 3. The average Bonchev–Trinajstić information content (AvgIpc) is 2.48. The number of carbonyl (C=O) groups excluding carboxylic acids is 3. The molecule has 0 aromatic heterocycles. The number of hydrogen-bond acceptors (Lipinski definition) is 4. The molecule has 6 nitrogen and oxygen atoms in total. The van der Waals surface area contributed by atoms with Crippen LogP contribution < -0.4 is 11.1 Å². The summed E-state index contributed by atoms with van der Waals surface area (Å²) in [5, 5.41) is 3.24. The quantitative estimate of drug-likeness (QED) is 0.691. The van der Waals surface area contributed by atoms with Crippen LogP contribution in [0.15, 0.2) is 18.2 Å². The normalized spacial score (nSPS) is 11.6. The SMILES string of the molecule is CCOC(=O)CCC(=O)N[C@@H](Cc1c(Cl)cccc1Cl)C(N)=O. The molecule has 1 aromatic rings. The Kier molecular flexibility index (Phi) is 7.85. The fourth-order valence-electron chi connectivity index (χ4n) is 1.87. The van der Waals surface area contributed by atoms with Crippen LogP contribution in [0, 0.1) is 0 Å². The molecule has 126 valence electrons. The Morgan fingerprint density at radius 3 is 2.35 bits per heavy atom. The highest BCUT2D eigenvalue weighted by molar-refractivity contribution is 6.36. The van der Waals surface area contributed by atoms with Gasteiger partial charge in [-0.1, -0.05) is 29.3 Å². The van der Waals surface area contributed by atoms with Crippen LogP contribution >= 0.6 is 23.2 Å². The highest BCUT2D eigenvalue weighted by Gasteiger charge is 2.21. The molecule has 0 saturated heterocycles. The number of esters is 1. The Morgan fingerprint density at radius 1 is 1.22 bits per heavy atom. The molecule has 23 heavy (non-hydrogen) atoms. The van der Waals surface area contributed by atoms with E-state index in [-0.39, 0.29) is 25.9 Å². The van der Waals surface area contributed by atoms with E-state index < -0.39 is 23.8 Å². The predicted octanol–water partition coefficient (Wildman–Crippen LogP) is 1.85. The van der Waals surface area contributed by atoms with Crippen molar-refractivity contribution in [3.63, 3.8) is 0 Å². The molecule has 0 spiro atoms. The summed E-state index contributed by atoms with van der Waals surface area (Å²) in [6.45, 7) is 1.92. The predicted molar refractivity (Wildman–Crippen MR) is 87.2 cm³/mol. The van der Waals surface area contributed by atoms with Crippen LogP contribution in [0.3, 0.4) is 0 Å². The highest BCUT2D eigenvalue weighted by atomic mass is 35.5. The summed E-state index contributed by atoms with van der Waals surface area (Å²) in [4.78, 5) is 34.6. The van der Waals surface area contributed by atoms with Gasteiger partial charge in [-0.2, -0.15) is 0 Å². The Morgan fingerprint density at radius 2 is 1.83 bits per heavy atom. The van der Waals surface area contributed by atoms with Crippen LogP contribution in [0.5, 0.6) is 0 Å². The minimum absolute atomic E-state index is 0.0684. The lowest BCUT2D eigenvalue weighted by molar-refractivity contribution is -0.144. The second kappa shape index (κ2) is 9.37. The Balaban J connectivity index is 2.67. The van der Waals surface area contributed by atoms with Crippen LogP contribution in [0.2, 0.25) is 10.0 Å². The van der Waals surface area contributed by atoms with E-state index in [0.29, 0.717) is 15.6 Å². The first kappa shape index (κ1) is 19.3. The number of nitrogens with two attached hydrogens (primary N) is 1. The molecule has 8 heteroatoms. The number of amides is 2. The van der Waals surface area contributed by atoms with Gasteiger partial charge in [-0.05, 0) is 24.6 Å². The van der Waals surface area contributed by atoms with E-state index in [1.807, 2.05) is 0 Å². The number of primary amides is 1. The molecular formula is C15H18Cl2N2O4. The molecule has 0 radical (unpaired) electrons. The van der Waals surface area contributed by atoms with Crippen molar-refractivity contribution in [1.29, 1.82) is 0 Å². The summed E-state index contributed by atoms with van der Waals surface area (Å²) in [5.41, 5.74) is 5.82. The van der Waals surface area contributed by atoms with E-state index in [2.05, 4.69) is 5.32 Å². The maximum atomic E-state index is 11.8. The average molecular weight is 361 g/mol. The third kappa shape index (κ3) is 6.46. The zero-order chi connectivity index (χ0) is 17.4. The lowest BCUT2D eigenvalue weighted by Gasteiger charge is -2.17. The minimum atomic E-state index is -0.970. The molecule has 0 saturated carbocycles. The Labute approximate surface area is 144 Å². The van der Waals surface area contributed by atoms with Gasteiger partial charge < -0.3 is 15.8 Å². The van der Waals surface area contributed by atoms with Gasteiger partial charge in [0, 0.05) is 22.9 Å². The second-order valence-electron chi connectivity index (χ2n) is 4.73. The largest absolute Gasteiger partial charge is 0.466 e. The van der Waals surface area contributed by atoms with E-state index in [9.17, 15) is 14.4 Å². The third-order valence-corrected chi connectivity index (χ3v) is 3.72. The van der Waals surface area contributed by atoms with E-state index in [0.717, 1.165) is 0 Å². The van der Waals surface area contributed by atoms with Crippen LogP contribution in [0.1, 0.15) is 25.3 Å². The molecule has 1 rings (SSSR count). The van der Waals surface area contributed by atoms with Crippen LogP contribution in [-0.2, 0) is 25.5 Å². The number of benzene rings is 1. The maximum absolute atomic E-state index is 11.8. The molecular weight excluding hydrogens is 343 g/mol. The molecule has 0 aliphatic carbocycles. The van der Waals surface area contributed by atoms with Gasteiger partial charge in [0.25, 0.3) is 0 Å². The topological polar surface area (TPSA) is 98.5 Å². The van der Waals surface area contributed by atoms with Crippen molar-refractivity contribution in [3.05, 3.63) is 33.8 Å². The van der Waals surface area contributed by atoms with Crippen molar-refractivity contribution in [2.75, 3.05) is 6.61 Å². The second-order valence-corrected chi connectivity index (χ2v) is 5.55. The standard InChI is InChI=1S/C15H18Cl2N2O4/c1-2-23-14(21)7-6-13(20)19-12(15(18)22)8-9-10(16)4-3-5-11(9)17/h3-5,12H,2,6-8H2,1H3,(H2,18,22)(H,19,20)/t12-/m0/s1. The summed E-state index contributed by atoms with van der Waals surface area (Å²) in [6, 6.07) is 3.96. The van der Waals surface area contributed by atoms with Crippen molar-refractivity contribution in [3.8, 4) is 0 Å². The van der Waals surface area contributed by atoms with Crippen LogP contribution in [-0.4, -0.2) is 30.4 Å². The molecule has 0 aliphatic heterocycles. The molecule has 2 amide bonds. The number of ether oxygens (including phenoxy) is 1. The van der Waals surface area contributed by atoms with Gasteiger partial charge in [0.1, 0.15) is 6.04 Å². The number of hydrogen-bond donors (Lipinski definition) is 2. The van der Waals surface area contributed by atoms with Crippen LogP contribution in [0.25, 0.3) is 0 Å². The zero-order valence-corrected chi connectivity index (χ0v) is 14.1. The number of rotatable bonds is 8. The van der Waals surface area contributed by atoms with Gasteiger partial charge in [0.2, 0.25) is 11.8 Å². The van der Waals surface area contributed by atoms with E-state index in [1.165, 1.54) is 0 Å². The summed E-state index contributed by atoms with van der Waals surface area (Å²) >= 11 is 12.1. The Hall–Kier alpha value is -1.79.